The van der Waals surface area contributed by atoms with E-state index in [0.717, 1.165) is 27.7 Å². The van der Waals surface area contributed by atoms with Gasteiger partial charge in [0.2, 0.25) is 0 Å². The summed E-state index contributed by atoms with van der Waals surface area (Å²) in [7, 11) is 1.98. The Morgan fingerprint density at radius 1 is 1.05 bits per heavy atom. The predicted molar refractivity (Wildman–Crippen MR) is 87.2 cm³/mol. The molecule has 1 atom stereocenters. The average Bonchev–Trinajstić information content (AvgIpc) is 2.51. The molecule has 3 nitrogen and oxygen atoms in total. The SMILES string of the molecule is CC(N)c1ccccc1-c1cc(=O)c2ccccc2n1C. The lowest BCUT2D eigenvalue weighted by Crippen LogP contribution is -2.12. The monoisotopic (exact) mass is 278 g/mol. The Morgan fingerprint density at radius 3 is 2.48 bits per heavy atom. The van der Waals surface area contributed by atoms with Gasteiger partial charge in [0.15, 0.2) is 5.43 Å². The minimum absolute atomic E-state index is 0.0400. The molecule has 0 saturated heterocycles. The van der Waals surface area contributed by atoms with Crippen LogP contribution >= 0.6 is 0 Å². The minimum Gasteiger partial charge on any atom is -0.343 e. The summed E-state index contributed by atoms with van der Waals surface area (Å²) in [6.45, 7) is 1.96. The average molecular weight is 278 g/mol. The van der Waals surface area contributed by atoms with Crippen LogP contribution < -0.4 is 11.2 Å². The minimum atomic E-state index is -0.0808. The van der Waals surface area contributed by atoms with Crippen LogP contribution in [0.2, 0.25) is 0 Å². The molecule has 0 saturated carbocycles. The Kier molecular flexibility index (Phi) is 3.35. The van der Waals surface area contributed by atoms with E-state index in [1.807, 2.05) is 62.5 Å². The predicted octanol–water partition coefficient (Wildman–Crippen LogP) is 3.23. The zero-order chi connectivity index (χ0) is 15.0. The van der Waals surface area contributed by atoms with Crippen LogP contribution in [0.1, 0.15) is 18.5 Å². The van der Waals surface area contributed by atoms with Gasteiger partial charge in [0.25, 0.3) is 0 Å². The molecule has 106 valence electrons. The molecule has 3 aromatic rings. The van der Waals surface area contributed by atoms with E-state index >= 15 is 0 Å². The molecule has 2 N–H and O–H groups in total. The molecule has 0 radical (unpaired) electrons. The normalized spacial score (nSPS) is 12.5. The topological polar surface area (TPSA) is 48.0 Å². The first-order valence-electron chi connectivity index (χ1n) is 7.03. The molecule has 0 bridgehead atoms. The van der Waals surface area contributed by atoms with Gasteiger partial charge in [-0.1, -0.05) is 36.4 Å². The fourth-order valence-electron chi connectivity index (χ4n) is 2.79. The number of nitrogens with zero attached hydrogens (tertiary/aromatic N) is 1. The van der Waals surface area contributed by atoms with E-state index in [-0.39, 0.29) is 11.5 Å². The number of aromatic nitrogens is 1. The van der Waals surface area contributed by atoms with Gasteiger partial charge in [-0.3, -0.25) is 4.79 Å². The highest BCUT2D eigenvalue weighted by molar-refractivity contribution is 5.82. The Balaban J connectivity index is 2.37. The Labute approximate surface area is 123 Å². The molecule has 3 rings (SSSR count). The number of fused-ring (bicyclic) bond motifs is 1. The van der Waals surface area contributed by atoms with Gasteiger partial charge in [-0.05, 0) is 24.6 Å². The third-order valence-corrected chi connectivity index (χ3v) is 3.89. The van der Waals surface area contributed by atoms with Crippen molar-refractivity contribution in [1.29, 1.82) is 0 Å². The molecular formula is C18H18N2O. The molecule has 21 heavy (non-hydrogen) atoms. The summed E-state index contributed by atoms with van der Waals surface area (Å²) in [5.41, 5.74) is 9.99. The maximum atomic E-state index is 12.4. The van der Waals surface area contributed by atoms with Gasteiger partial charge in [-0.2, -0.15) is 0 Å². The van der Waals surface area contributed by atoms with Crippen LogP contribution in [0.3, 0.4) is 0 Å². The molecule has 0 spiro atoms. The lowest BCUT2D eigenvalue weighted by Gasteiger charge is -2.17. The molecular weight excluding hydrogens is 260 g/mol. The fourth-order valence-corrected chi connectivity index (χ4v) is 2.79. The van der Waals surface area contributed by atoms with Gasteiger partial charge < -0.3 is 10.3 Å². The highest BCUT2D eigenvalue weighted by atomic mass is 16.1. The Bertz CT molecular complexity index is 862. The van der Waals surface area contributed by atoms with Gasteiger partial charge >= 0.3 is 0 Å². The summed E-state index contributed by atoms with van der Waals surface area (Å²) in [4.78, 5) is 12.4. The second kappa shape index (κ2) is 5.19. The summed E-state index contributed by atoms with van der Waals surface area (Å²) >= 11 is 0. The van der Waals surface area contributed by atoms with E-state index in [1.165, 1.54) is 0 Å². The van der Waals surface area contributed by atoms with Crippen molar-refractivity contribution in [3.63, 3.8) is 0 Å². The number of para-hydroxylation sites is 1. The van der Waals surface area contributed by atoms with Gasteiger partial charge in [0.1, 0.15) is 0 Å². The number of pyridine rings is 1. The molecule has 1 heterocycles. The van der Waals surface area contributed by atoms with Gasteiger partial charge in [-0.15, -0.1) is 0 Å². The van der Waals surface area contributed by atoms with Crippen molar-refractivity contribution >= 4 is 10.9 Å². The number of rotatable bonds is 2. The number of nitrogens with two attached hydrogens (primary N) is 1. The van der Waals surface area contributed by atoms with E-state index < -0.39 is 0 Å². The molecule has 1 aromatic heterocycles. The largest absolute Gasteiger partial charge is 0.343 e. The van der Waals surface area contributed by atoms with Crippen molar-refractivity contribution in [2.45, 2.75) is 13.0 Å². The maximum absolute atomic E-state index is 12.4. The quantitative estimate of drug-likeness (QED) is 0.782. The number of hydrogen-bond donors (Lipinski definition) is 1. The van der Waals surface area contributed by atoms with E-state index in [4.69, 9.17) is 5.73 Å². The van der Waals surface area contributed by atoms with Crippen molar-refractivity contribution in [3.8, 4) is 11.3 Å². The fraction of sp³-hybridized carbons (Fsp3) is 0.167. The second-order valence-electron chi connectivity index (χ2n) is 5.35. The highest BCUT2D eigenvalue weighted by Crippen LogP contribution is 2.27. The van der Waals surface area contributed by atoms with E-state index in [9.17, 15) is 4.79 Å². The van der Waals surface area contributed by atoms with Crippen LogP contribution in [0, 0.1) is 0 Å². The zero-order valence-electron chi connectivity index (χ0n) is 12.2. The number of hydrogen-bond acceptors (Lipinski definition) is 2. The first kappa shape index (κ1) is 13.6. The van der Waals surface area contributed by atoms with Gasteiger partial charge in [0, 0.05) is 30.1 Å². The van der Waals surface area contributed by atoms with Crippen LogP contribution in [0.15, 0.2) is 59.4 Å². The smallest absolute Gasteiger partial charge is 0.190 e. The van der Waals surface area contributed by atoms with Crippen LogP contribution in [0.25, 0.3) is 22.2 Å². The standard InChI is InChI=1S/C18H18N2O/c1-12(19)13-7-3-4-8-14(13)17-11-18(21)15-9-5-6-10-16(15)20(17)2/h3-12H,19H2,1-2H3. The molecule has 0 aliphatic heterocycles. The first-order chi connectivity index (χ1) is 10.1. The van der Waals surface area contributed by atoms with Crippen LogP contribution in [0.4, 0.5) is 0 Å². The van der Waals surface area contributed by atoms with Crippen molar-refractivity contribution in [1.82, 2.24) is 4.57 Å². The van der Waals surface area contributed by atoms with Crippen molar-refractivity contribution in [2.75, 3.05) is 0 Å². The summed E-state index contributed by atoms with van der Waals surface area (Å²) in [6.07, 6.45) is 0. The Hall–Kier alpha value is -2.39. The molecule has 0 aliphatic rings. The summed E-state index contributed by atoms with van der Waals surface area (Å²) in [5.74, 6) is 0. The first-order valence-corrected chi connectivity index (χ1v) is 7.03. The number of aryl methyl sites for hydroxylation is 1. The summed E-state index contributed by atoms with van der Waals surface area (Å²) < 4.78 is 2.05. The third-order valence-electron chi connectivity index (χ3n) is 3.89. The lowest BCUT2D eigenvalue weighted by atomic mass is 9.98. The van der Waals surface area contributed by atoms with Crippen molar-refractivity contribution in [3.05, 3.63) is 70.4 Å². The van der Waals surface area contributed by atoms with Gasteiger partial charge in [-0.25, -0.2) is 0 Å². The number of benzene rings is 2. The van der Waals surface area contributed by atoms with Crippen LogP contribution in [-0.2, 0) is 7.05 Å². The van der Waals surface area contributed by atoms with Crippen molar-refractivity contribution in [2.24, 2.45) is 12.8 Å². The third kappa shape index (κ3) is 2.26. The lowest BCUT2D eigenvalue weighted by molar-refractivity contribution is 0.817. The summed E-state index contributed by atoms with van der Waals surface area (Å²) in [6, 6.07) is 17.3. The second-order valence-corrected chi connectivity index (χ2v) is 5.35. The van der Waals surface area contributed by atoms with E-state index in [1.54, 1.807) is 6.07 Å². The van der Waals surface area contributed by atoms with E-state index in [0.29, 0.717) is 0 Å². The molecule has 0 fully saturated rings. The zero-order valence-corrected chi connectivity index (χ0v) is 12.2. The molecule has 1 unspecified atom stereocenters. The maximum Gasteiger partial charge on any atom is 0.190 e. The molecule has 2 aromatic carbocycles. The van der Waals surface area contributed by atoms with Crippen molar-refractivity contribution < 1.29 is 0 Å². The molecule has 0 aliphatic carbocycles. The molecule has 3 heteroatoms. The van der Waals surface area contributed by atoms with Gasteiger partial charge in [0.05, 0.1) is 11.2 Å². The van der Waals surface area contributed by atoms with Crippen LogP contribution in [0.5, 0.6) is 0 Å². The van der Waals surface area contributed by atoms with Crippen LogP contribution in [-0.4, -0.2) is 4.57 Å². The molecule has 0 amide bonds. The highest BCUT2D eigenvalue weighted by Gasteiger charge is 2.13. The summed E-state index contributed by atoms with van der Waals surface area (Å²) in [5, 5.41) is 0.738. The van der Waals surface area contributed by atoms with E-state index in [2.05, 4.69) is 4.57 Å². The Morgan fingerprint density at radius 2 is 1.71 bits per heavy atom.